The molecule has 1 heterocycles. The van der Waals surface area contributed by atoms with Crippen molar-refractivity contribution >= 4 is 0 Å². The third kappa shape index (κ3) is 0.995. The second kappa shape index (κ2) is 2.85. The quantitative estimate of drug-likeness (QED) is 0.516. The van der Waals surface area contributed by atoms with Crippen molar-refractivity contribution in [1.82, 2.24) is 9.66 Å². The molecule has 0 aliphatic heterocycles. The van der Waals surface area contributed by atoms with Crippen molar-refractivity contribution in [2.75, 3.05) is 5.84 Å². The maximum Gasteiger partial charge on any atom is 0.275 e. The lowest BCUT2D eigenvalue weighted by Gasteiger charge is -2.12. The van der Waals surface area contributed by atoms with Gasteiger partial charge in [-0.2, -0.15) is 0 Å². The zero-order valence-electron chi connectivity index (χ0n) is 8.30. The first-order chi connectivity index (χ1) is 7.68. The average Bonchev–Trinajstić information content (AvgIpc) is 2.65. The highest BCUT2D eigenvalue weighted by atomic mass is 16.3. The summed E-state index contributed by atoms with van der Waals surface area (Å²) in [6, 6.07) is 6.81. The van der Waals surface area contributed by atoms with Gasteiger partial charge in [-0.05, 0) is 5.56 Å². The molecule has 0 saturated carbocycles. The van der Waals surface area contributed by atoms with Gasteiger partial charge in [0, 0.05) is 17.5 Å². The Morgan fingerprint density at radius 3 is 2.94 bits per heavy atom. The van der Waals surface area contributed by atoms with Gasteiger partial charge in [-0.1, -0.05) is 24.3 Å². The molecule has 2 N–H and O–H groups in total. The molecule has 0 radical (unpaired) electrons. The Morgan fingerprint density at radius 2 is 2.12 bits per heavy atom. The maximum absolute atomic E-state index is 11.7. The van der Waals surface area contributed by atoms with E-state index in [0.29, 0.717) is 22.4 Å². The highest BCUT2D eigenvalue weighted by molar-refractivity contribution is 5.73. The molecule has 0 atom stereocenters. The molecule has 0 amide bonds. The predicted octanol–water partition coefficient (Wildman–Crippen LogP) is -0.398. The predicted molar refractivity (Wildman–Crippen MR) is 56.3 cm³/mol. The minimum absolute atomic E-state index is 0.453. The third-order valence-electron chi connectivity index (χ3n) is 2.82. The fourth-order valence-electron chi connectivity index (χ4n) is 2.03. The molecule has 80 valence electrons. The number of fused-ring (bicyclic) bond motifs is 3. The van der Waals surface area contributed by atoms with Crippen LogP contribution in [0.2, 0.25) is 0 Å². The van der Waals surface area contributed by atoms with Crippen LogP contribution in [0.3, 0.4) is 0 Å². The van der Waals surface area contributed by atoms with Crippen LogP contribution in [0.4, 0.5) is 0 Å². The molecule has 5 nitrogen and oxygen atoms in total. The van der Waals surface area contributed by atoms with Gasteiger partial charge in [0.2, 0.25) is 0 Å². The summed E-state index contributed by atoms with van der Waals surface area (Å²) >= 11 is 0. The van der Waals surface area contributed by atoms with Crippen molar-refractivity contribution in [1.29, 1.82) is 0 Å². The molecule has 0 unspecified atom stereocenters. The Bertz CT molecular complexity index is 646. The van der Waals surface area contributed by atoms with E-state index in [1.165, 1.54) is 0 Å². The van der Waals surface area contributed by atoms with Crippen LogP contribution >= 0.6 is 0 Å². The molecular formula is C11H8N3O2-. The van der Waals surface area contributed by atoms with Crippen LogP contribution in [0, 0.1) is 0 Å². The second-order valence-electron chi connectivity index (χ2n) is 3.73. The Labute approximate surface area is 90.8 Å². The van der Waals surface area contributed by atoms with Crippen molar-refractivity contribution in [3.8, 4) is 17.3 Å². The van der Waals surface area contributed by atoms with Crippen molar-refractivity contribution in [3.63, 3.8) is 0 Å². The van der Waals surface area contributed by atoms with Gasteiger partial charge in [-0.25, -0.2) is 9.66 Å². The summed E-state index contributed by atoms with van der Waals surface area (Å²) in [7, 11) is 0. The molecule has 0 saturated heterocycles. The number of benzene rings is 1. The van der Waals surface area contributed by atoms with E-state index in [4.69, 9.17) is 5.84 Å². The van der Waals surface area contributed by atoms with Crippen molar-refractivity contribution in [3.05, 3.63) is 45.7 Å². The molecular weight excluding hydrogens is 206 g/mol. The van der Waals surface area contributed by atoms with Crippen molar-refractivity contribution in [2.45, 2.75) is 6.42 Å². The van der Waals surface area contributed by atoms with Crippen LogP contribution in [0.1, 0.15) is 11.1 Å². The van der Waals surface area contributed by atoms with Gasteiger partial charge in [0.05, 0.1) is 11.7 Å². The topological polar surface area (TPSA) is 84.0 Å². The lowest BCUT2D eigenvalue weighted by Crippen LogP contribution is -2.33. The summed E-state index contributed by atoms with van der Waals surface area (Å²) in [6.07, 6.45) is 0.495. The molecule has 0 fully saturated rings. The van der Waals surface area contributed by atoms with Gasteiger partial charge in [-0.15, -0.1) is 0 Å². The van der Waals surface area contributed by atoms with Crippen LogP contribution in [0.25, 0.3) is 11.3 Å². The Hall–Kier alpha value is -2.30. The molecule has 1 aliphatic carbocycles. The average molecular weight is 214 g/mol. The number of nitrogen functional groups attached to an aromatic ring is 1. The lowest BCUT2D eigenvalue weighted by molar-refractivity contribution is -0.285. The van der Waals surface area contributed by atoms with E-state index in [9.17, 15) is 9.90 Å². The van der Waals surface area contributed by atoms with Gasteiger partial charge in [0.1, 0.15) is 0 Å². The van der Waals surface area contributed by atoms with Crippen molar-refractivity contribution < 1.29 is 5.11 Å². The number of hydrogen-bond acceptors (Lipinski definition) is 4. The SMILES string of the molecule is Nn1c([O-])nc2c(c1=O)Cc1ccccc1-2. The lowest BCUT2D eigenvalue weighted by atomic mass is 10.1. The minimum atomic E-state index is -0.708. The third-order valence-corrected chi connectivity index (χ3v) is 2.82. The molecule has 1 aromatic carbocycles. The standard InChI is InChI=1S/C11H9N3O2/c12-14-10(15)8-5-6-3-1-2-4-7(6)9(8)13-11(14)16/h1-4H,5,12H2,(H,13,16)/p-1. The molecule has 3 rings (SSSR count). The minimum Gasteiger partial charge on any atom is -0.844 e. The number of rotatable bonds is 0. The fraction of sp³-hybridized carbons (Fsp3) is 0.0909. The summed E-state index contributed by atoms with van der Waals surface area (Å²) in [5, 5.41) is 11.3. The van der Waals surface area contributed by atoms with Crippen LogP contribution in [0.5, 0.6) is 6.01 Å². The number of nitrogens with zero attached hydrogens (tertiary/aromatic N) is 2. The molecule has 0 bridgehead atoms. The first-order valence-corrected chi connectivity index (χ1v) is 4.85. The fourth-order valence-corrected chi connectivity index (χ4v) is 2.03. The summed E-state index contributed by atoms with van der Waals surface area (Å²) in [5.74, 6) is 5.32. The van der Waals surface area contributed by atoms with Crippen LogP contribution in [-0.2, 0) is 6.42 Å². The summed E-state index contributed by atoms with van der Waals surface area (Å²) in [5.41, 5.74) is 2.39. The van der Waals surface area contributed by atoms with E-state index in [1.54, 1.807) is 0 Å². The normalized spacial score (nSPS) is 12.2. The van der Waals surface area contributed by atoms with E-state index in [0.717, 1.165) is 11.1 Å². The molecule has 1 aliphatic rings. The van der Waals surface area contributed by atoms with E-state index in [2.05, 4.69) is 4.98 Å². The highest BCUT2D eigenvalue weighted by Crippen LogP contribution is 2.33. The van der Waals surface area contributed by atoms with E-state index < -0.39 is 11.6 Å². The first kappa shape index (κ1) is 8.96. The molecule has 2 aromatic rings. The zero-order valence-corrected chi connectivity index (χ0v) is 8.30. The summed E-state index contributed by atoms with van der Waals surface area (Å²) < 4.78 is 0.560. The number of nitrogens with two attached hydrogens (primary N) is 1. The zero-order chi connectivity index (χ0) is 11.3. The summed E-state index contributed by atoms with van der Waals surface area (Å²) in [6.45, 7) is 0. The van der Waals surface area contributed by atoms with Crippen molar-refractivity contribution in [2.24, 2.45) is 0 Å². The Morgan fingerprint density at radius 1 is 1.38 bits per heavy atom. The van der Waals surface area contributed by atoms with E-state index >= 15 is 0 Å². The second-order valence-corrected chi connectivity index (χ2v) is 3.73. The molecule has 0 spiro atoms. The Kier molecular flexibility index (Phi) is 1.60. The first-order valence-electron chi connectivity index (χ1n) is 4.85. The molecule has 16 heavy (non-hydrogen) atoms. The number of aromatic nitrogens is 2. The van der Waals surface area contributed by atoms with Gasteiger partial charge in [-0.3, -0.25) is 4.79 Å². The van der Waals surface area contributed by atoms with E-state index in [-0.39, 0.29) is 0 Å². The molecule has 1 aromatic heterocycles. The Balaban J connectivity index is 2.39. The maximum atomic E-state index is 11.7. The van der Waals surface area contributed by atoms with Crippen LogP contribution in [-0.4, -0.2) is 9.66 Å². The smallest absolute Gasteiger partial charge is 0.275 e. The monoisotopic (exact) mass is 214 g/mol. The van der Waals surface area contributed by atoms with Gasteiger partial charge in [0.25, 0.3) is 5.56 Å². The molecule has 5 heteroatoms. The van der Waals surface area contributed by atoms with Crippen LogP contribution < -0.4 is 16.5 Å². The highest BCUT2D eigenvalue weighted by Gasteiger charge is 2.23. The van der Waals surface area contributed by atoms with Gasteiger partial charge in [0.15, 0.2) is 0 Å². The van der Waals surface area contributed by atoms with Gasteiger partial charge >= 0.3 is 0 Å². The van der Waals surface area contributed by atoms with E-state index in [1.807, 2.05) is 24.3 Å². The van der Waals surface area contributed by atoms with Crippen LogP contribution in [0.15, 0.2) is 29.1 Å². The summed E-state index contributed by atoms with van der Waals surface area (Å²) in [4.78, 5) is 15.6. The number of hydrogen-bond donors (Lipinski definition) is 1. The van der Waals surface area contributed by atoms with Gasteiger partial charge < -0.3 is 10.9 Å². The largest absolute Gasteiger partial charge is 0.844 e.